The van der Waals surface area contributed by atoms with Gasteiger partial charge in [-0.1, -0.05) is 6.07 Å². The van der Waals surface area contributed by atoms with Gasteiger partial charge in [-0.3, -0.25) is 9.78 Å². The molecule has 7 nitrogen and oxygen atoms in total. The number of pyridine rings is 1. The fourth-order valence-corrected chi connectivity index (χ4v) is 4.35. The molecule has 8 heteroatoms. The first-order valence-corrected chi connectivity index (χ1v) is 9.64. The Morgan fingerprint density at radius 3 is 3.07 bits per heavy atom. The van der Waals surface area contributed by atoms with E-state index in [0.717, 1.165) is 41.2 Å². The minimum atomic E-state index is -0.0340. The van der Waals surface area contributed by atoms with Crippen molar-refractivity contribution in [1.82, 2.24) is 29.5 Å². The molecule has 4 aromatic heterocycles. The molecule has 0 aliphatic carbocycles. The molecule has 5 rings (SSSR count). The number of aromatic nitrogens is 5. The summed E-state index contributed by atoms with van der Waals surface area (Å²) in [6.45, 7) is 0.740. The molecule has 0 unspecified atom stereocenters. The molecular weight excluding hydrogens is 360 g/mol. The van der Waals surface area contributed by atoms with Crippen LogP contribution in [0.25, 0.3) is 16.2 Å². The maximum absolute atomic E-state index is 13.1. The maximum Gasteiger partial charge on any atom is 0.273 e. The molecule has 0 saturated carbocycles. The summed E-state index contributed by atoms with van der Waals surface area (Å²) in [6, 6.07) is 5.83. The summed E-state index contributed by atoms with van der Waals surface area (Å²) in [4.78, 5) is 28.2. The predicted octanol–water partition coefficient (Wildman–Crippen LogP) is 3.23. The molecule has 27 heavy (non-hydrogen) atoms. The third kappa shape index (κ3) is 2.78. The first-order valence-electron chi connectivity index (χ1n) is 8.76. The Bertz CT molecular complexity index is 1110. The van der Waals surface area contributed by atoms with E-state index in [4.69, 9.17) is 0 Å². The molecule has 0 aromatic carbocycles. The first-order chi connectivity index (χ1) is 13.3. The van der Waals surface area contributed by atoms with Crippen LogP contribution in [0.15, 0.2) is 54.6 Å². The lowest BCUT2D eigenvalue weighted by Crippen LogP contribution is -2.30. The second-order valence-electron chi connectivity index (χ2n) is 6.43. The topological polar surface area (TPSA) is 76.3 Å². The van der Waals surface area contributed by atoms with E-state index in [2.05, 4.69) is 20.1 Å². The minimum absolute atomic E-state index is 0.0340. The van der Waals surface area contributed by atoms with Crippen LogP contribution in [0.1, 0.15) is 34.9 Å². The van der Waals surface area contributed by atoms with Crippen LogP contribution in [0.5, 0.6) is 0 Å². The summed E-state index contributed by atoms with van der Waals surface area (Å²) in [5.74, 6) is -0.0340. The molecule has 1 saturated heterocycles. The molecular formula is C19H16N6OS. The number of amides is 1. The van der Waals surface area contributed by atoms with Crippen LogP contribution in [-0.4, -0.2) is 41.9 Å². The summed E-state index contributed by atoms with van der Waals surface area (Å²) < 4.78 is 1.71. The average molecular weight is 376 g/mol. The monoisotopic (exact) mass is 376 g/mol. The van der Waals surface area contributed by atoms with Crippen LogP contribution in [0.4, 0.5) is 0 Å². The molecule has 5 heterocycles. The van der Waals surface area contributed by atoms with Gasteiger partial charge in [-0.25, -0.2) is 14.5 Å². The van der Waals surface area contributed by atoms with E-state index in [0.29, 0.717) is 5.69 Å². The number of carbonyl (C=O) groups is 1. The summed E-state index contributed by atoms with van der Waals surface area (Å²) in [5, 5.41) is 6.87. The highest BCUT2D eigenvalue weighted by Crippen LogP contribution is 2.34. The fourth-order valence-electron chi connectivity index (χ4n) is 3.55. The Kier molecular flexibility index (Phi) is 3.90. The maximum atomic E-state index is 13.1. The minimum Gasteiger partial charge on any atom is -0.330 e. The normalized spacial score (nSPS) is 16.9. The van der Waals surface area contributed by atoms with Crippen LogP contribution < -0.4 is 0 Å². The number of thiazole rings is 1. The quantitative estimate of drug-likeness (QED) is 0.549. The van der Waals surface area contributed by atoms with Crippen molar-refractivity contribution in [2.45, 2.75) is 18.9 Å². The van der Waals surface area contributed by atoms with Gasteiger partial charge in [-0.2, -0.15) is 5.10 Å². The van der Waals surface area contributed by atoms with Gasteiger partial charge in [0.25, 0.3) is 5.91 Å². The predicted molar refractivity (Wildman–Crippen MR) is 101 cm³/mol. The fraction of sp³-hybridized carbons (Fsp3) is 0.211. The SMILES string of the molecule is O=C(c1csc(-c2cnn3cccnc23)n1)N1CCC[C@H]1c1cccnc1. The number of hydrogen-bond donors (Lipinski definition) is 0. The van der Waals surface area contributed by atoms with Crippen molar-refractivity contribution in [2.24, 2.45) is 0 Å². The Labute approximate surface area is 159 Å². The van der Waals surface area contributed by atoms with E-state index in [1.807, 2.05) is 40.9 Å². The van der Waals surface area contributed by atoms with Gasteiger partial charge in [-0.15, -0.1) is 11.3 Å². The third-order valence-corrected chi connectivity index (χ3v) is 5.69. The molecule has 1 atom stereocenters. The van der Waals surface area contributed by atoms with E-state index in [1.165, 1.54) is 11.3 Å². The number of rotatable bonds is 3. The van der Waals surface area contributed by atoms with Crippen molar-refractivity contribution in [1.29, 1.82) is 0 Å². The summed E-state index contributed by atoms with van der Waals surface area (Å²) in [7, 11) is 0. The molecule has 0 N–H and O–H groups in total. The number of fused-ring (bicyclic) bond motifs is 1. The highest BCUT2D eigenvalue weighted by molar-refractivity contribution is 7.13. The van der Waals surface area contributed by atoms with Crippen LogP contribution in [0.3, 0.4) is 0 Å². The van der Waals surface area contributed by atoms with Crippen LogP contribution in [0.2, 0.25) is 0 Å². The van der Waals surface area contributed by atoms with E-state index in [-0.39, 0.29) is 11.9 Å². The number of nitrogens with zero attached hydrogens (tertiary/aromatic N) is 6. The Morgan fingerprint density at radius 1 is 1.22 bits per heavy atom. The van der Waals surface area contributed by atoms with Gasteiger partial charge in [0.05, 0.1) is 17.8 Å². The summed E-state index contributed by atoms with van der Waals surface area (Å²) >= 11 is 1.44. The van der Waals surface area contributed by atoms with Crippen molar-refractivity contribution in [3.63, 3.8) is 0 Å². The van der Waals surface area contributed by atoms with Gasteiger partial charge in [0.15, 0.2) is 5.65 Å². The van der Waals surface area contributed by atoms with Gasteiger partial charge < -0.3 is 4.90 Å². The average Bonchev–Trinajstić information content (AvgIpc) is 3.46. The molecule has 1 aliphatic heterocycles. The molecule has 4 aromatic rings. The third-order valence-electron chi connectivity index (χ3n) is 4.82. The van der Waals surface area contributed by atoms with Gasteiger partial charge in [0.2, 0.25) is 0 Å². The smallest absolute Gasteiger partial charge is 0.273 e. The van der Waals surface area contributed by atoms with Gasteiger partial charge >= 0.3 is 0 Å². The molecule has 0 radical (unpaired) electrons. The van der Waals surface area contributed by atoms with Crippen LogP contribution >= 0.6 is 11.3 Å². The lowest BCUT2D eigenvalue weighted by molar-refractivity contribution is 0.0730. The van der Waals surface area contributed by atoms with Gasteiger partial charge in [-0.05, 0) is 30.5 Å². The van der Waals surface area contributed by atoms with Crippen LogP contribution in [-0.2, 0) is 0 Å². The second kappa shape index (κ2) is 6.55. The van der Waals surface area contributed by atoms with Crippen molar-refractivity contribution in [2.75, 3.05) is 6.54 Å². The van der Waals surface area contributed by atoms with E-state index >= 15 is 0 Å². The first kappa shape index (κ1) is 16.1. The lowest BCUT2D eigenvalue weighted by Gasteiger charge is -2.24. The van der Waals surface area contributed by atoms with Crippen molar-refractivity contribution >= 4 is 22.9 Å². The Hall–Kier alpha value is -3.13. The Morgan fingerprint density at radius 2 is 2.19 bits per heavy atom. The second-order valence-corrected chi connectivity index (χ2v) is 7.29. The van der Waals surface area contributed by atoms with Crippen molar-refractivity contribution in [3.05, 3.63) is 65.8 Å². The van der Waals surface area contributed by atoms with Crippen molar-refractivity contribution < 1.29 is 4.79 Å². The summed E-state index contributed by atoms with van der Waals surface area (Å²) in [5.41, 5.74) is 3.12. The lowest BCUT2D eigenvalue weighted by atomic mass is 10.1. The highest BCUT2D eigenvalue weighted by atomic mass is 32.1. The van der Waals surface area contributed by atoms with E-state index in [1.54, 1.807) is 23.1 Å². The molecule has 0 bridgehead atoms. The van der Waals surface area contributed by atoms with Crippen LogP contribution in [0, 0.1) is 0 Å². The van der Waals surface area contributed by atoms with Gasteiger partial charge in [0.1, 0.15) is 10.7 Å². The molecule has 134 valence electrons. The molecule has 1 fully saturated rings. The standard InChI is InChI=1S/C19H16N6OS/c26-19(24-8-2-5-16(24)13-4-1-6-20-10-13)15-12-27-18(23-15)14-11-22-25-9-3-7-21-17(14)25/h1,3-4,6-7,9-12,16H,2,5,8H2/t16-/m0/s1. The Balaban J connectivity index is 1.45. The highest BCUT2D eigenvalue weighted by Gasteiger charge is 2.32. The van der Waals surface area contributed by atoms with Gasteiger partial charge in [0, 0.05) is 36.7 Å². The number of hydrogen-bond acceptors (Lipinski definition) is 6. The van der Waals surface area contributed by atoms with Crippen molar-refractivity contribution in [3.8, 4) is 10.6 Å². The number of likely N-dealkylation sites (tertiary alicyclic amines) is 1. The summed E-state index contributed by atoms with van der Waals surface area (Å²) in [6.07, 6.45) is 10.8. The van der Waals surface area contributed by atoms with E-state index < -0.39 is 0 Å². The molecule has 1 aliphatic rings. The molecule has 0 spiro atoms. The van der Waals surface area contributed by atoms with E-state index in [9.17, 15) is 4.79 Å². The largest absolute Gasteiger partial charge is 0.330 e. The zero-order valence-corrected chi connectivity index (χ0v) is 15.2. The molecule has 1 amide bonds. The number of carbonyl (C=O) groups excluding carboxylic acids is 1. The zero-order valence-electron chi connectivity index (χ0n) is 14.4. The zero-order chi connectivity index (χ0) is 18.2.